The number of fused-ring (bicyclic) bond motifs is 1. The van der Waals surface area contributed by atoms with Crippen LogP contribution in [0, 0.1) is 0 Å². The van der Waals surface area contributed by atoms with Crippen LogP contribution in [-0.4, -0.2) is 24.6 Å². The van der Waals surface area contributed by atoms with Crippen LogP contribution in [0.4, 0.5) is 10.8 Å². The highest BCUT2D eigenvalue weighted by atomic mass is 32.1. The number of aromatic nitrogens is 1. The third-order valence-electron chi connectivity index (χ3n) is 3.39. The molecule has 1 amide bonds. The van der Waals surface area contributed by atoms with E-state index in [1.165, 1.54) is 18.4 Å². The van der Waals surface area contributed by atoms with Crippen molar-refractivity contribution in [3.05, 3.63) is 42.0 Å². The summed E-state index contributed by atoms with van der Waals surface area (Å²) in [6.45, 7) is 2.39. The number of nitrogens with zero attached hydrogens (tertiary/aromatic N) is 1. The van der Waals surface area contributed by atoms with Crippen molar-refractivity contribution in [2.24, 2.45) is 0 Å². The van der Waals surface area contributed by atoms with Gasteiger partial charge in [0.1, 0.15) is 17.0 Å². The predicted molar refractivity (Wildman–Crippen MR) is 96.1 cm³/mol. The number of amides is 1. The van der Waals surface area contributed by atoms with Crippen molar-refractivity contribution in [1.29, 1.82) is 0 Å². The fraction of sp³-hybridized carbons (Fsp3) is 0.176. The molecule has 3 rings (SSSR count). The molecular formula is C17H17N3O3S. The van der Waals surface area contributed by atoms with E-state index in [9.17, 15) is 4.79 Å². The van der Waals surface area contributed by atoms with Gasteiger partial charge in [-0.05, 0) is 25.1 Å². The number of para-hydroxylation sites is 1. The summed E-state index contributed by atoms with van der Waals surface area (Å²) < 4.78 is 11.7. The van der Waals surface area contributed by atoms with Gasteiger partial charge in [0.15, 0.2) is 5.13 Å². The molecule has 0 radical (unpaired) electrons. The largest absolute Gasteiger partial charge is 0.496 e. The number of carbonyl (C=O) groups excluding carboxylic acids is 1. The van der Waals surface area contributed by atoms with Crippen molar-refractivity contribution < 1.29 is 14.3 Å². The summed E-state index contributed by atoms with van der Waals surface area (Å²) in [7, 11) is 1.53. The minimum Gasteiger partial charge on any atom is -0.496 e. The van der Waals surface area contributed by atoms with Gasteiger partial charge in [-0.2, -0.15) is 0 Å². The number of nitrogens with one attached hydrogen (secondary N) is 1. The first-order chi connectivity index (χ1) is 11.6. The summed E-state index contributed by atoms with van der Waals surface area (Å²) in [4.78, 5) is 16.8. The first kappa shape index (κ1) is 16.1. The summed E-state index contributed by atoms with van der Waals surface area (Å²) >= 11 is 1.35. The average Bonchev–Trinajstić information content (AvgIpc) is 2.95. The van der Waals surface area contributed by atoms with Crippen LogP contribution in [0.1, 0.15) is 17.3 Å². The van der Waals surface area contributed by atoms with Crippen molar-refractivity contribution in [2.75, 3.05) is 24.8 Å². The number of hydrogen-bond acceptors (Lipinski definition) is 6. The normalized spacial score (nSPS) is 10.6. The van der Waals surface area contributed by atoms with Gasteiger partial charge in [-0.3, -0.25) is 4.79 Å². The summed E-state index contributed by atoms with van der Waals surface area (Å²) in [5.41, 5.74) is 7.56. The van der Waals surface area contributed by atoms with Crippen LogP contribution in [0.15, 0.2) is 36.4 Å². The molecular weight excluding hydrogens is 326 g/mol. The molecule has 0 unspecified atom stereocenters. The first-order valence-electron chi connectivity index (χ1n) is 7.39. The molecule has 0 aliphatic heterocycles. The van der Waals surface area contributed by atoms with Crippen molar-refractivity contribution in [1.82, 2.24) is 4.98 Å². The molecule has 0 bridgehead atoms. The molecule has 1 aromatic heterocycles. The van der Waals surface area contributed by atoms with E-state index in [2.05, 4.69) is 10.3 Å². The molecule has 0 spiro atoms. The lowest BCUT2D eigenvalue weighted by Gasteiger charge is -2.11. The second-order valence-electron chi connectivity index (χ2n) is 4.96. The van der Waals surface area contributed by atoms with E-state index in [4.69, 9.17) is 15.2 Å². The number of rotatable bonds is 5. The highest BCUT2D eigenvalue weighted by Crippen LogP contribution is 2.35. The lowest BCUT2D eigenvalue weighted by Crippen LogP contribution is -2.13. The van der Waals surface area contributed by atoms with Crippen molar-refractivity contribution >= 4 is 38.3 Å². The predicted octanol–water partition coefficient (Wildman–Crippen LogP) is 3.54. The summed E-state index contributed by atoms with van der Waals surface area (Å²) in [5, 5.41) is 3.33. The number of carbonyl (C=O) groups is 1. The van der Waals surface area contributed by atoms with Crippen LogP contribution in [-0.2, 0) is 0 Å². The van der Waals surface area contributed by atoms with Crippen LogP contribution in [0.2, 0.25) is 0 Å². The van der Waals surface area contributed by atoms with E-state index < -0.39 is 0 Å². The molecule has 0 aliphatic rings. The van der Waals surface area contributed by atoms with Gasteiger partial charge in [-0.1, -0.05) is 23.5 Å². The number of methoxy groups -OCH3 is 1. The zero-order valence-corrected chi connectivity index (χ0v) is 14.1. The maximum Gasteiger partial charge on any atom is 0.259 e. The topological polar surface area (TPSA) is 86.5 Å². The number of benzene rings is 2. The molecule has 7 heteroatoms. The Morgan fingerprint density at radius 3 is 2.83 bits per heavy atom. The van der Waals surface area contributed by atoms with E-state index in [0.29, 0.717) is 40.0 Å². The zero-order chi connectivity index (χ0) is 17.1. The Morgan fingerprint density at radius 1 is 1.29 bits per heavy atom. The Bertz CT molecular complexity index is 892. The molecule has 6 nitrogen and oxygen atoms in total. The molecule has 0 saturated heterocycles. The average molecular weight is 343 g/mol. The number of thiazole rings is 1. The number of anilines is 2. The molecule has 0 saturated carbocycles. The highest BCUT2D eigenvalue weighted by molar-refractivity contribution is 7.22. The summed E-state index contributed by atoms with van der Waals surface area (Å²) in [6.07, 6.45) is 0. The quantitative estimate of drug-likeness (QED) is 0.740. The maximum atomic E-state index is 12.5. The molecule has 3 aromatic rings. The van der Waals surface area contributed by atoms with E-state index >= 15 is 0 Å². The molecule has 24 heavy (non-hydrogen) atoms. The second-order valence-corrected chi connectivity index (χ2v) is 6.02. The van der Waals surface area contributed by atoms with Gasteiger partial charge >= 0.3 is 0 Å². The van der Waals surface area contributed by atoms with E-state index in [-0.39, 0.29) is 5.91 Å². The number of hydrogen-bond donors (Lipinski definition) is 2. The van der Waals surface area contributed by atoms with Crippen molar-refractivity contribution in [3.8, 4) is 11.5 Å². The molecule has 1 heterocycles. The molecule has 0 fully saturated rings. The van der Waals surface area contributed by atoms with Crippen LogP contribution < -0.4 is 20.5 Å². The van der Waals surface area contributed by atoms with Crippen LogP contribution in [0.3, 0.4) is 0 Å². The first-order valence-corrected chi connectivity index (χ1v) is 8.21. The second kappa shape index (κ2) is 6.76. The van der Waals surface area contributed by atoms with Crippen LogP contribution in [0.25, 0.3) is 10.2 Å². The van der Waals surface area contributed by atoms with Gasteiger partial charge in [0.2, 0.25) is 0 Å². The Hall–Kier alpha value is -2.80. The Kier molecular flexibility index (Phi) is 4.52. The van der Waals surface area contributed by atoms with Gasteiger partial charge in [0.05, 0.1) is 24.0 Å². The molecule has 2 aromatic carbocycles. The third kappa shape index (κ3) is 3.11. The summed E-state index contributed by atoms with van der Waals surface area (Å²) in [5.74, 6) is 0.855. The van der Waals surface area contributed by atoms with E-state index in [1.54, 1.807) is 24.3 Å². The smallest absolute Gasteiger partial charge is 0.259 e. The fourth-order valence-electron chi connectivity index (χ4n) is 2.38. The third-order valence-corrected chi connectivity index (χ3v) is 4.22. The number of nitrogen functional groups attached to an aromatic ring is 1. The van der Waals surface area contributed by atoms with Crippen LogP contribution in [0.5, 0.6) is 11.5 Å². The van der Waals surface area contributed by atoms with Crippen molar-refractivity contribution in [3.63, 3.8) is 0 Å². The lowest BCUT2D eigenvalue weighted by atomic mass is 10.2. The number of nitrogens with two attached hydrogens (primary N) is 1. The minimum absolute atomic E-state index is 0.258. The molecule has 124 valence electrons. The number of ether oxygens (including phenoxy) is 2. The van der Waals surface area contributed by atoms with E-state index in [0.717, 1.165) is 4.70 Å². The monoisotopic (exact) mass is 343 g/mol. The van der Waals surface area contributed by atoms with Gasteiger partial charge in [0, 0.05) is 11.8 Å². The van der Waals surface area contributed by atoms with Gasteiger partial charge in [0.25, 0.3) is 5.91 Å². The minimum atomic E-state index is -0.258. The molecule has 3 N–H and O–H groups in total. The SMILES string of the molecule is CCOc1cc(NC(=O)c2ccccc2OC)cc2sc(N)nc12. The Labute approximate surface area is 143 Å². The Balaban J connectivity index is 1.96. The van der Waals surface area contributed by atoms with Gasteiger partial charge in [-0.15, -0.1) is 0 Å². The molecule has 0 aliphatic carbocycles. The maximum absolute atomic E-state index is 12.5. The van der Waals surface area contributed by atoms with Crippen molar-refractivity contribution in [2.45, 2.75) is 6.92 Å². The standard InChI is InChI=1S/C17H17N3O3S/c1-3-23-13-8-10(9-14-15(13)20-17(18)24-14)19-16(21)11-6-4-5-7-12(11)22-2/h4-9H,3H2,1-2H3,(H2,18,20)(H,19,21). The Morgan fingerprint density at radius 2 is 2.08 bits per heavy atom. The van der Waals surface area contributed by atoms with E-state index in [1.807, 2.05) is 19.1 Å². The summed E-state index contributed by atoms with van der Waals surface area (Å²) in [6, 6.07) is 10.6. The van der Waals surface area contributed by atoms with Gasteiger partial charge < -0.3 is 20.5 Å². The zero-order valence-electron chi connectivity index (χ0n) is 13.3. The lowest BCUT2D eigenvalue weighted by molar-refractivity contribution is 0.102. The highest BCUT2D eigenvalue weighted by Gasteiger charge is 2.15. The van der Waals surface area contributed by atoms with Crippen LogP contribution >= 0.6 is 11.3 Å². The fourth-order valence-corrected chi connectivity index (χ4v) is 3.18. The van der Waals surface area contributed by atoms with Gasteiger partial charge in [-0.25, -0.2) is 4.98 Å². The molecule has 0 atom stereocenters.